The largest absolute Gasteiger partial charge is 0.493 e. The van der Waals surface area contributed by atoms with Gasteiger partial charge in [-0.3, -0.25) is 14.6 Å². The van der Waals surface area contributed by atoms with Crippen molar-refractivity contribution in [2.45, 2.75) is 56.2 Å². The third-order valence-electron chi connectivity index (χ3n) is 8.00. The van der Waals surface area contributed by atoms with Gasteiger partial charge in [-0.05, 0) is 74.3 Å². The van der Waals surface area contributed by atoms with Crippen molar-refractivity contribution in [1.29, 1.82) is 0 Å². The number of Topliss-reactive ketones (excluding diaryl/α,β-unsaturated/α-hetero) is 1. The molecule has 10 heteroatoms. The lowest BCUT2D eigenvalue weighted by atomic mass is 10.0. The number of likely N-dealkylation sites (tertiary alicyclic amines) is 1. The molecule has 43 heavy (non-hydrogen) atoms. The number of sulfone groups is 1. The van der Waals surface area contributed by atoms with Crippen molar-refractivity contribution >= 4 is 21.5 Å². The Morgan fingerprint density at radius 2 is 1.63 bits per heavy atom. The van der Waals surface area contributed by atoms with Crippen LogP contribution >= 0.6 is 0 Å². The van der Waals surface area contributed by atoms with Crippen LogP contribution in [0.15, 0.2) is 67.0 Å². The van der Waals surface area contributed by atoms with Crippen LogP contribution in [0, 0.1) is 0 Å². The Labute approximate surface area is 254 Å². The molecule has 4 rings (SSSR count). The number of amides is 1. The molecule has 1 aromatic heterocycles. The fraction of sp³-hybridized carbons (Fsp3) is 0.424. The van der Waals surface area contributed by atoms with E-state index in [-0.39, 0.29) is 22.8 Å². The van der Waals surface area contributed by atoms with E-state index in [0.717, 1.165) is 17.5 Å². The summed E-state index contributed by atoms with van der Waals surface area (Å²) in [6, 6.07) is 16.0. The van der Waals surface area contributed by atoms with Crippen LogP contribution in [-0.4, -0.2) is 74.9 Å². The minimum Gasteiger partial charge on any atom is -0.493 e. The third kappa shape index (κ3) is 8.13. The maximum Gasteiger partial charge on any atom is 0.295 e. The number of carbonyl (C=O) groups excluding carboxylic acids is 2. The van der Waals surface area contributed by atoms with Crippen molar-refractivity contribution in [3.05, 3.63) is 83.7 Å². The summed E-state index contributed by atoms with van der Waals surface area (Å²) in [4.78, 5) is 32.4. The van der Waals surface area contributed by atoms with Gasteiger partial charge in [0.1, 0.15) is 0 Å². The van der Waals surface area contributed by atoms with Crippen molar-refractivity contribution in [3.8, 4) is 17.2 Å². The highest BCUT2D eigenvalue weighted by Crippen LogP contribution is 2.38. The molecule has 2 aromatic carbocycles. The highest BCUT2D eigenvalue weighted by molar-refractivity contribution is 7.92. The van der Waals surface area contributed by atoms with Gasteiger partial charge in [0.15, 0.2) is 21.3 Å². The Bertz CT molecular complexity index is 1450. The topological polar surface area (TPSA) is 112 Å². The molecule has 230 valence electrons. The van der Waals surface area contributed by atoms with Crippen molar-refractivity contribution in [1.82, 2.24) is 9.88 Å². The van der Waals surface area contributed by atoms with Gasteiger partial charge >= 0.3 is 0 Å². The van der Waals surface area contributed by atoms with E-state index < -0.39 is 32.8 Å². The van der Waals surface area contributed by atoms with Crippen LogP contribution in [0.25, 0.3) is 0 Å². The first-order valence-electron chi connectivity index (χ1n) is 14.6. The van der Waals surface area contributed by atoms with E-state index in [1.54, 1.807) is 12.4 Å². The molecule has 1 aliphatic heterocycles. The number of aryl methyl sites for hydroxylation is 2. The summed E-state index contributed by atoms with van der Waals surface area (Å²) in [6.07, 6.45) is 7.76. The quantitative estimate of drug-likeness (QED) is 0.180. The zero-order chi connectivity index (χ0) is 30.8. The number of methoxy groups -OCH3 is 3. The van der Waals surface area contributed by atoms with E-state index in [1.165, 1.54) is 38.4 Å². The Morgan fingerprint density at radius 3 is 2.26 bits per heavy atom. The molecular weight excluding hydrogens is 568 g/mol. The molecule has 0 radical (unpaired) electrons. The van der Waals surface area contributed by atoms with Crippen molar-refractivity contribution < 1.29 is 32.2 Å². The van der Waals surface area contributed by atoms with Crippen LogP contribution in [0.4, 0.5) is 0 Å². The molecule has 1 amide bonds. The molecule has 1 saturated heterocycles. The fourth-order valence-electron chi connectivity index (χ4n) is 5.70. The third-order valence-corrected chi connectivity index (χ3v) is 10.3. The van der Waals surface area contributed by atoms with Crippen LogP contribution in [0.2, 0.25) is 0 Å². The number of rotatable bonds is 15. The van der Waals surface area contributed by atoms with Crippen molar-refractivity contribution in [2.75, 3.05) is 33.6 Å². The van der Waals surface area contributed by atoms with E-state index in [1.807, 2.05) is 42.5 Å². The van der Waals surface area contributed by atoms with Crippen LogP contribution in [-0.2, 0) is 27.5 Å². The SMILES string of the molecule is COc1cc(C(=O)C(=O)N2CCC[C@H]2CS(=O)(=O)[C@@H](CCCc2cccnc2)CCc2ccccc2)cc(OC)c1OC. The van der Waals surface area contributed by atoms with Gasteiger partial charge < -0.3 is 19.1 Å². The van der Waals surface area contributed by atoms with E-state index in [2.05, 4.69) is 4.98 Å². The zero-order valence-electron chi connectivity index (χ0n) is 25.0. The standard InChI is InChI=1S/C33H40N2O7S/c1-40-29-20-26(21-30(41-2)32(29)42-3)31(36)33(37)35-19-9-14-27(35)23-43(38,39)28(17-16-24-10-5-4-6-11-24)15-7-12-25-13-8-18-34-22-25/h4-6,8,10-11,13,18,20-22,27-28H,7,9,12,14-17,19,23H2,1-3H3/t27-,28-/m0/s1. The minimum absolute atomic E-state index is 0.0872. The molecule has 0 N–H and O–H groups in total. The summed E-state index contributed by atoms with van der Waals surface area (Å²) in [5.41, 5.74) is 2.24. The van der Waals surface area contributed by atoms with Gasteiger partial charge in [0.2, 0.25) is 5.75 Å². The lowest BCUT2D eigenvalue weighted by molar-refractivity contribution is -0.126. The predicted octanol–water partition coefficient (Wildman–Crippen LogP) is 4.72. The molecule has 0 unspecified atom stereocenters. The average molecular weight is 609 g/mol. The zero-order valence-corrected chi connectivity index (χ0v) is 25.8. The van der Waals surface area contributed by atoms with Crippen LogP contribution in [0.5, 0.6) is 17.2 Å². The molecule has 3 aromatic rings. The highest BCUT2D eigenvalue weighted by Gasteiger charge is 2.38. The number of aromatic nitrogens is 1. The second-order valence-electron chi connectivity index (χ2n) is 10.8. The summed E-state index contributed by atoms with van der Waals surface area (Å²) in [5, 5.41) is -0.562. The van der Waals surface area contributed by atoms with Crippen molar-refractivity contribution in [2.24, 2.45) is 0 Å². The van der Waals surface area contributed by atoms with Crippen LogP contribution in [0.3, 0.4) is 0 Å². The van der Waals surface area contributed by atoms with Gasteiger partial charge in [-0.15, -0.1) is 0 Å². The van der Waals surface area contributed by atoms with Gasteiger partial charge in [0.05, 0.1) is 32.3 Å². The maximum atomic E-state index is 13.9. The number of ether oxygens (including phenoxy) is 3. The molecular formula is C33H40N2O7S. The molecule has 2 atom stereocenters. The first kappa shape index (κ1) is 32.0. The Hall–Kier alpha value is -3.92. The normalized spacial score (nSPS) is 15.6. The summed E-state index contributed by atoms with van der Waals surface area (Å²) >= 11 is 0. The first-order chi connectivity index (χ1) is 20.8. The molecule has 1 aliphatic rings. The van der Waals surface area contributed by atoms with Gasteiger partial charge in [-0.25, -0.2) is 8.42 Å². The number of benzene rings is 2. The monoisotopic (exact) mass is 608 g/mol. The van der Waals surface area contributed by atoms with Gasteiger partial charge in [-0.1, -0.05) is 36.4 Å². The Kier molecular flexibility index (Phi) is 11.2. The number of pyridine rings is 1. The molecule has 9 nitrogen and oxygen atoms in total. The molecule has 0 aliphatic carbocycles. The van der Waals surface area contributed by atoms with Gasteiger partial charge in [0.25, 0.3) is 11.7 Å². The molecule has 1 fully saturated rings. The van der Waals surface area contributed by atoms with Crippen LogP contribution in [0.1, 0.15) is 53.6 Å². The van der Waals surface area contributed by atoms with E-state index in [4.69, 9.17) is 14.2 Å². The van der Waals surface area contributed by atoms with E-state index >= 15 is 0 Å². The van der Waals surface area contributed by atoms with Crippen LogP contribution < -0.4 is 14.2 Å². The molecule has 0 spiro atoms. The lowest BCUT2D eigenvalue weighted by Gasteiger charge is -2.26. The summed E-state index contributed by atoms with van der Waals surface area (Å²) in [5.74, 6) is -0.834. The Balaban J connectivity index is 1.49. The van der Waals surface area contributed by atoms with Gasteiger partial charge in [-0.2, -0.15) is 0 Å². The van der Waals surface area contributed by atoms with Gasteiger partial charge in [0, 0.05) is 30.5 Å². The smallest absolute Gasteiger partial charge is 0.295 e. The molecule has 0 saturated carbocycles. The van der Waals surface area contributed by atoms with E-state index in [9.17, 15) is 18.0 Å². The number of hydrogen-bond acceptors (Lipinski definition) is 8. The Morgan fingerprint density at radius 1 is 0.930 bits per heavy atom. The van der Waals surface area contributed by atoms with Crippen molar-refractivity contribution in [3.63, 3.8) is 0 Å². The molecule has 2 heterocycles. The van der Waals surface area contributed by atoms with E-state index in [0.29, 0.717) is 50.8 Å². The fourth-order valence-corrected chi connectivity index (χ4v) is 7.86. The lowest BCUT2D eigenvalue weighted by Crippen LogP contribution is -2.44. The second-order valence-corrected chi connectivity index (χ2v) is 13.1. The maximum absolute atomic E-state index is 13.9. The average Bonchev–Trinajstić information content (AvgIpc) is 3.49. The summed E-state index contributed by atoms with van der Waals surface area (Å²) < 4.78 is 43.8. The minimum atomic E-state index is -3.59. The first-order valence-corrected chi connectivity index (χ1v) is 16.3. The number of hydrogen-bond donors (Lipinski definition) is 0. The number of ketones is 1. The highest BCUT2D eigenvalue weighted by atomic mass is 32.2. The predicted molar refractivity (Wildman–Crippen MR) is 165 cm³/mol. The number of nitrogens with zero attached hydrogens (tertiary/aromatic N) is 2. The summed E-state index contributed by atoms with van der Waals surface area (Å²) in [7, 11) is 0.718. The molecule has 0 bridgehead atoms. The second kappa shape index (κ2) is 15.0. The summed E-state index contributed by atoms with van der Waals surface area (Å²) in [6.45, 7) is 0.324. The number of carbonyl (C=O) groups is 2.